The number of nitrogens with two attached hydrogens (primary N) is 1. The highest BCUT2D eigenvalue weighted by atomic mass is 14.8. The molecule has 3 aromatic rings. The van der Waals surface area contributed by atoms with Crippen LogP contribution >= 0.6 is 0 Å². The van der Waals surface area contributed by atoms with Crippen LogP contribution < -0.4 is 5.73 Å². The van der Waals surface area contributed by atoms with Crippen LogP contribution in [0.15, 0.2) is 30.6 Å². The fourth-order valence-corrected chi connectivity index (χ4v) is 2.38. The van der Waals surface area contributed by atoms with Crippen LogP contribution in [-0.4, -0.2) is 15.0 Å². The van der Waals surface area contributed by atoms with Gasteiger partial charge in [0.05, 0.1) is 23.3 Å². The van der Waals surface area contributed by atoms with Gasteiger partial charge in [0.25, 0.3) is 0 Å². The molecule has 4 nitrogen and oxygen atoms in total. The Morgan fingerprint density at radius 1 is 1.26 bits per heavy atom. The smallest absolute Gasteiger partial charge is 0.0910 e. The first-order valence-corrected chi connectivity index (χ1v) is 6.30. The van der Waals surface area contributed by atoms with Gasteiger partial charge in [-0.15, -0.1) is 0 Å². The van der Waals surface area contributed by atoms with Crippen molar-refractivity contribution >= 4 is 10.9 Å². The van der Waals surface area contributed by atoms with Crippen LogP contribution in [0.5, 0.6) is 0 Å². The summed E-state index contributed by atoms with van der Waals surface area (Å²) in [7, 11) is 0. The second kappa shape index (κ2) is 4.48. The van der Waals surface area contributed by atoms with Crippen molar-refractivity contribution in [2.24, 2.45) is 5.73 Å². The fraction of sp³-hybridized carbons (Fsp3) is 0.200. The minimum absolute atomic E-state index is 0.411. The quantitative estimate of drug-likeness (QED) is 0.736. The van der Waals surface area contributed by atoms with Gasteiger partial charge in [0.2, 0.25) is 0 Å². The van der Waals surface area contributed by atoms with Gasteiger partial charge in [-0.05, 0) is 25.5 Å². The molecule has 2 aromatic heterocycles. The third-order valence-electron chi connectivity index (χ3n) is 3.44. The molecule has 0 radical (unpaired) electrons. The maximum absolute atomic E-state index is 5.71. The lowest BCUT2D eigenvalue weighted by Gasteiger charge is -2.05. The monoisotopic (exact) mass is 252 g/mol. The number of nitrogens with one attached hydrogen (secondary N) is 1. The van der Waals surface area contributed by atoms with E-state index in [1.165, 1.54) is 10.9 Å². The van der Waals surface area contributed by atoms with Gasteiger partial charge in [-0.1, -0.05) is 12.1 Å². The number of nitrogens with zero attached hydrogens (tertiary/aromatic N) is 2. The highest BCUT2D eigenvalue weighted by Gasteiger charge is 2.11. The van der Waals surface area contributed by atoms with Gasteiger partial charge in [0, 0.05) is 29.2 Å². The Balaban J connectivity index is 2.25. The molecule has 3 N–H and O–H groups in total. The van der Waals surface area contributed by atoms with Crippen LogP contribution in [0, 0.1) is 13.8 Å². The number of fused-ring (bicyclic) bond motifs is 1. The lowest BCUT2D eigenvalue weighted by Crippen LogP contribution is -2.05. The van der Waals surface area contributed by atoms with Gasteiger partial charge < -0.3 is 10.7 Å². The maximum atomic E-state index is 5.71. The van der Waals surface area contributed by atoms with Gasteiger partial charge in [0.15, 0.2) is 0 Å². The molecular formula is C15H16N4. The van der Waals surface area contributed by atoms with E-state index in [2.05, 4.69) is 34.0 Å². The minimum atomic E-state index is 0.411. The lowest BCUT2D eigenvalue weighted by atomic mass is 10.1. The van der Waals surface area contributed by atoms with Crippen molar-refractivity contribution in [3.63, 3.8) is 0 Å². The molecule has 4 heteroatoms. The molecule has 0 spiro atoms. The number of H-pyrrole nitrogens is 1. The molecule has 0 saturated carbocycles. The van der Waals surface area contributed by atoms with Crippen LogP contribution in [0.4, 0.5) is 0 Å². The van der Waals surface area contributed by atoms with E-state index in [1.807, 2.05) is 25.4 Å². The summed E-state index contributed by atoms with van der Waals surface area (Å²) in [5.41, 5.74) is 11.7. The predicted molar refractivity (Wildman–Crippen MR) is 76.7 cm³/mol. The third kappa shape index (κ3) is 1.90. The van der Waals surface area contributed by atoms with Crippen molar-refractivity contribution in [1.82, 2.24) is 15.0 Å². The molecule has 1 aromatic carbocycles. The largest absolute Gasteiger partial charge is 0.360 e. The highest BCUT2D eigenvalue weighted by Crippen LogP contribution is 2.29. The zero-order chi connectivity index (χ0) is 13.4. The normalized spacial score (nSPS) is 11.1. The zero-order valence-corrected chi connectivity index (χ0v) is 11.1. The first-order valence-electron chi connectivity index (χ1n) is 6.30. The topological polar surface area (TPSA) is 67.6 Å². The van der Waals surface area contributed by atoms with E-state index in [-0.39, 0.29) is 0 Å². The Kier molecular flexibility index (Phi) is 2.80. The number of aryl methyl sites for hydroxylation is 2. The summed E-state index contributed by atoms with van der Waals surface area (Å²) < 4.78 is 0. The SMILES string of the molecule is Cc1ncc(-c2c[nH]c3cccc(C)c23)nc1CN. The summed E-state index contributed by atoms with van der Waals surface area (Å²) in [6.07, 6.45) is 3.79. The van der Waals surface area contributed by atoms with E-state index in [0.29, 0.717) is 6.54 Å². The Bertz CT molecular complexity index is 743. The van der Waals surface area contributed by atoms with Crippen molar-refractivity contribution in [3.05, 3.63) is 47.5 Å². The standard InChI is InChI=1S/C15H16N4/c1-9-4-3-5-12-15(9)11(7-18-12)14-8-17-10(2)13(6-16)19-14/h3-5,7-8,18H,6,16H2,1-2H3. The Hall–Kier alpha value is -2.20. The fourth-order valence-electron chi connectivity index (χ4n) is 2.38. The molecule has 19 heavy (non-hydrogen) atoms. The first-order chi connectivity index (χ1) is 9.20. The molecule has 0 aliphatic carbocycles. The van der Waals surface area contributed by atoms with E-state index in [0.717, 1.165) is 28.2 Å². The summed E-state index contributed by atoms with van der Waals surface area (Å²) in [6, 6.07) is 6.21. The van der Waals surface area contributed by atoms with Crippen molar-refractivity contribution in [1.29, 1.82) is 0 Å². The summed E-state index contributed by atoms with van der Waals surface area (Å²) >= 11 is 0. The molecule has 0 aliphatic heterocycles. The van der Waals surface area contributed by atoms with Gasteiger partial charge >= 0.3 is 0 Å². The average Bonchev–Trinajstić information content (AvgIpc) is 2.85. The minimum Gasteiger partial charge on any atom is -0.360 e. The third-order valence-corrected chi connectivity index (χ3v) is 3.44. The molecular weight excluding hydrogens is 236 g/mol. The van der Waals surface area contributed by atoms with Gasteiger partial charge in [-0.3, -0.25) is 4.98 Å². The number of rotatable bonds is 2. The van der Waals surface area contributed by atoms with Gasteiger partial charge in [0.1, 0.15) is 0 Å². The van der Waals surface area contributed by atoms with Gasteiger partial charge in [-0.25, -0.2) is 4.98 Å². The molecule has 3 rings (SSSR count). The molecule has 96 valence electrons. The Morgan fingerprint density at radius 3 is 2.89 bits per heavy atom. The highest BCUT2D eigenvalue weighted by molar-refractivity contribution is 5.96. The van der Waals surface area contributed by atoms with Crippen LogP contribution in [0.2, 0.25) is 0 Å². The second-order valence-corrected chi connectivity index (χ2v) is 4.69. The molecule has 0 aliphatic rings. The zero-order valence-electron chi connectivity index (χ0n) is 11.1. The number of hydrogen-bond acceptors (Lipinski definition) is 3. The first kappa shape index (κ1) is 11.9. The van der Waals surface area contributed by atoms with E-state index in [1.54, 1.807) is 0 Å². The number of aromatic amines is 1. The van der Waals surface area contributed by atoms with Crippen molar-refractivity contribution in [3.8, 4) is 11.3 Å². The number of hydrogen-bond donors (Lipinski definition) is 2. The van der Waals surface area contributed by atoms with E-state index in [9.17, 15) is 0 Å². The van der Waals surface area contributed by atoms with Crippen LogP contribution in [0.1, 0.15) is 17.0 Å². The second-order valence-electron chi connectivity index (χ2n) is 4.69. The summed E-state index contributed by atoms with van der Waals surface area (Å²) in [5, 5.41) is 1.20. The molecule has 0 bridgehead atoms. The molecule has 0 atom stereocenters. The van der Waals surface area contributed by atoms with Crippen molar-refractivity contribution in [2.75, 3.05) is 0 Å². The lowest BCUT2D eigenvalue weighted by molar-refractivity contribution is 0.933. The van der Waals surface area contributed by atoms with Crippen LogP contribution in [0.25, 0.3) is 22.2 Å². The Labute approximate surface area is 111 Å². The van der Waals surface area contributed by atoms with E-state index < -0.39 is 0 Å². The molecule has 0 amide bonds. The Morgan fingerprint density at radius 2 is 2.11 bits per heavy atom. The van der Waals surface area contributed by atoms with Crippen LogP contribution in [-0.2, 0) is 6.54 Å². The number of benzene rings is 1. The van der Waals surface area contributed by atoms with Crippen molar-refractivity contribution in [2.45, 2.75) is 20.4 Å². The molecule has 0 unspecified atom stereocenters. The molecule has 2 heterocycles. The number of aromatic nitrogens is 3. The van der Waals surface area contributed by atoms with E-state index in [4.69, 9.17) is 5.73 Å². The predicted octanol–water partition coefficient (Wildman–Crippen LogP) is 2.70. The molecule has 0 saturated heterocycles. The summed E-state index contributed by atoms with van der Waals surface area (Å²) in [4.78, 5) is 12.3. The summed E-state index contributed by atoms with van der Waals surface area (Å²) in [5.74, 6) is 0. The van der Waals surface area contributed by atoms with Crippen molar-refractivity contribution < 1.29 is 0 Å². The van der Waals surface area contributed by atoms with E-state index >= 15 is 0 Å². The maximum Gasteiger partial charge on any atom is 0.0910 e. The van der Waals surface area contributed by atoms with Crippen LogP contribution in [0.3, 0.4) is 0 Å². The summed E-state index contributed by atoms with van der Waals surface area (Å²) in [6.45, 7) is 4.44. The average molecular weight is 252 g/mol. The molecule has 0 fully saturated rings. The van der Waals surface area contributed by atoms with Gasteiger partial charge in [-0.2, -0.15) is 0 Å².